The van der Waals surface area contributed by atoms with Gasteiger partial charge >= 0.3 is 0 Å². The molecule has 4 heterocycles. The first kappa shape index (κ1) is 21.4. The summed E-state index contributed by atoms with van der Waals surface area (Å²) in [6.07, 6.45) is 7.27. The second-order valence-electron chi connectivity index (χ2n) is 8.62. The van der Waals surface area contributed by atoms with Crippen molar-refractivity contribution >= 4 is 39.2 Å². The number of hydrogen-bond donors (Lipinski definition) is 1. The molecule has 1 amide bonds. The Balaban J connectivity index is 1.40. The number of ether oxygens (including phenoxy) is 2. The van der Waals surface area contributed by atoms with Crippen molar-refractivity contribution in [2.45, 2.75) is 81.0 Å². The molecule has 0 spiro atoms. The Labute approximate surface area is 189 Å². The van der Waals surface area contributed by atoms with Crippen LogP contribution >= 0.6 is 23.1 Å². The summed E-state index contributed by atoms with van der Waals surface area (Å²) in [4.78, 5) is 33.2. The van der Waals surface area contributed by atoms with Crippen LogP contribution in [0.15, 0.2) is 9.95 Å². The van der Waals surface area contributed by atoms with Crippen molar-refractivity contribution < 1.29 is 14.3 Å². The number of thiophene rings is 1. The van der Waals surface area contributed by atoms with Crippen molar-refractivity contribution in [3.05, 3.63) is 20.8 Å². The molecule has 0 saturated carbocycles. The van der Waals surface area contributed by atoms with Crippen molar-refractivity contribution in [3.63, 3.8) is 0 Å². The molecule has 0 unspecified atom stereocenters. The smallest absolute Gasteiger partial charge is 0.263 e. The first-order chi connectivity index (χ1) is 15.1. The third-order valence-corrected chi connectivity index (χ3v) is 8.66. The van der Waals surface area contributed by atoms with Gasteiger partial charge in [0.2, 0.25) is 5.91 Å². The lowest BCUT2D eigenvalue weighted by molar-refractivity contribution is -0.120. The van der Waals surface area contributed by atoms with E-state index in [4.69, 9.17) is 14.5 Å². The van der Waals surface area contributed by atoms with Crippen LogP contribution in [0.3, 0.4) is 0 Å². The number of aryl methyl sites for hydroxylation is 2. The standard InChI is InChI=1S/C22H29N3O4S2/c1-13(19(26)23-11-14-5-3-9-28-14)30-22-24-20-18(16-7-2-8-17(16)31-20)21(27)25(22)12-15-6-4-10-29-15/h13-15H,2-12H2,1H3,(H,23,26)/t13-,14+,15-/m0/s1. The monoisotopic (exact) mass is 463 g/mol. The lowest BCUT2D eigenvalue weighted by Crippen LogP contribution is -2.37. The molecule has 0 aromatic carbocycles. The predicted octanol–water partition coefficient (Wildman–Crippen LogP) is 2.90. The summed E-state index contributed by atoms with van der Waals surface area (Å²) in [5.41, 5.74) is 1.21. The fourth-order valence-corrected chi connectivity index (χ4v) is 6.92. The van der Waals surface area contributed by atoms with Crippen LogP contribution < -0.4 is 10.9 Å². The number of carbonyl (C=O) groups is 1. The first-order valence-electron chi connectivity index (χ1n) is 11.3. The van der Waals surface area contributed by atoms with Gasteiger partial charge in [0.05, 0.1) is 29.4 Å². The van der Waals surface area contributed by atoms with Gasteiger partial charge in [0.25, 0.3) is 5.56 Å². The van der Waals surface area contributed by atoms with E-state index in [1.165, 1.54) is 22.2 Å². The molecule has 2 fully saturated rings. The van der Waals surface area contributed by atoms with Gasteiger partial charge in [-0.2, -0.15) is 0 Å². The van der Waals surface area contributed by atoms with Crippen molar-refractivity contribution in [3.8, 4) is 0 Å². The summed E-state index contributed by atoms with van der Waals surface area (Å²) in [6, 6.07) is 0. The molecule has 168 valence electrons. The van der Waals surface area contributed by atoms with Gasteiger partial charge < -0.3 is 14.8 Å². The van der Waals surface area contributed by atoms with Crippen LogP contribution in [0.4, 0.5) is 0 Å². The minimum absolute atomic E-state index is 0.0226. The van der Waals surface area contributed by atoms with E-state index in [1.807, 2.05) is 6.92 Å². The summed E-state index contributed by atoms with van der Waals surface area (Å²) in [6.45, 7) is 4.43. The Morgan fingerprint density at radius 2 is 2.00 bits per heavy atom. The highest BCUT2D eigenvalue weighted by atomic mass is 32.2. The second kappa shape index (κ2) is 9.21. The summed E-state index contributed by atoms with van der Waals surface area (Å²) >= 11 is 3.01. The zero-order chi connectivity index (χ0) is 21.4. The summed E-state index contributed by atoms with van der Waals surface area (Å²) < 4.78 is 13.2. The van der Waals surface area contributed by atoms with Crippen molar-refractivity contribution in [2.75, 3.05) is 19.8 Å². The summed E-state index contributed by atoms with van der Waals surface area (Å²) in [5.74, 6) is -0.0489. The number of nitrogens with zero attached hydrogens (tertiary/aromatic N) is 2. The fourth-order valence-electron chi connectivity index (χ4n) is 4.68. The molecule has 0 bridgehead atoms. The maximum atomic E-state index is 13.6. The van der Waals surface area contributed by atoms with Crippen LogP contribution in [0.2, 0.25) is 0 Å². The van der Waals surface area contributed by atoms with Crippen molar-refractivity contribution in [2.24, 2.45) is 0 Å². The highest BCUT2D eigenvalue weighted by molar-refractivity contribution is 8.00. The SMILES string of the molecule is C[C@H](Sc1nc2sc3c(c2c(=O)n1C[C@@H]1CCCO1)CCC3)C(=O)NC[C@H]1CCCO1. The molecule has 1 aliphatic carbocycles. The molecule has 0 radical (unpaired) electrons. The van der Waals surface area contributed by atoms with Crippen molar-refractivity contribution in [1.29, 1.82) is 0 Å². The number of thioether (sulfide) groups is 1. The molecule has 1 N–H and O–H groups in total. The number of aromatic nitrogens is 2. The Kier molecular flexibility index (Phi) is 6.37. The van der Waals surface area contributed by atoms with Crippen molar-refractivity contribution in [1.82, 2.24) is 14.9 Å². The average molecular weight is 464 g/mol. The van der Waals surface area contributed by atoms with E-state index in [2.05, 4.69) is 5.32 Å². The summed E-state index contributed by atoms with van der Waals surface area (Å²) in [7, 11) is 0. The van der Waals surface area contributed by atoms with Crippen LogP contribution in [-0.2, 0) is 33.7 Å². The quantitative estimate of drug-likeness (QED) is 0.502. The van der Waals surface area contributed by atoms with E-state index in [0.29, 0.717) is 18.2 Å². The van der Waals surface area contributed by atoms with E-state index >= 15 is 0 Å². The molecular weight excluding hydrogens is 434 g/mol. The van der Waals surface area contributed by atoms with Gasteiger partial charge in [-0.1, -0.05) is 11.8 Å². The van der Waals surface area contributed by atoms with Gasteiger partial charge in [-0.15, -0.1) is 11.3 Å². The van der Waals surface area contributed by atoms with E-state index in [0.717, 1.165) is 68.4 Å². The zero-order valence-corrected chi connectivity index (χ0v) is 19.5. The molecule has 9 heteroatoms. The molecular formula is C22H29N3O4S2. The van der Waals surface area contributed by atoms with E-state index in [-0.39, 0.29) is 28.9 Å². The van der Waals surface area contributed by atoms with Gasteiger partial charge in [-0.05, 0) is 57.4 Å². The first-order valence-corrected chi connectivity index (χ1v) is 13.0. The molecule has 7 nitrogen and oxygen atoms in total. The van der Waals surface area contributed by atoms with Crippen LogP contribution in [0.5, 0.6) is 0 Å². The molecule has 2 aromatic rings. The van der Waals surface area contributed by atoms with Crippen LogP contribution in [-0.4, -0.2) is 52.7 Å². The number of carbonyl (C=O) groups excluding carboxylic acids is 1. The second-order valence-corrected chi connectivity index (χ2v) is 11.0. The highest BCUT2D eigenvalue weighted by Crippen LogP contribution is 2.36. The number of fused-ring (bicyclic) bond motifs is 3. The van der Waals surface area contributed by atoms with Gasteiger partial charge in [0.15, 0.2) is 5.16 Å². The number of nitrogens with one attached hydrogen (secondary N) is 1. The average Bonchev–Trinajstić information content (AvgIpc) is 3.54. The largest absolute Gasteiger partial charge is 0.376 e. The summed E-state index contributed by atoms with van der Waals surface area (Å²) in [5, 5.41) is 4.05. The Bertz CT molecular complexity index is 1020. The van der Waals surface area contributed by atoms with Gasteiger partial charge in [-0.25, -0.2) is 4.98 Å². The van der Waals surface area contributed by atoms with Crippen LogP contribution in [0.25, 0.3) is 10.2 Å². The fraction of sp³-hybridized carbons (Fsp3) is 0.682. The Morgan fingerprint density at radius 3 is 2.74 bits per heavy atom. The third kappa shape index (κ3) is 4.42. The van der Waals surface area contributed by atoms with E-state index < -0.39 is 0 Å². The molecule has 2 aromatic heterocycles. The lowest BCUT2D eigenvalue weighted by Gasteiger charge is -2.18. The maximum absolute atomic E-state index is 13.6. The molecule has 2 aliphatic heterocycles. The highest BCUT2D eigenvalue weighted by Gasteiger charge is 2.27. The molecule has 31 heavy (non-hydrogen) atoms. The number of hydrogen-bond acceptors (Lipinski definition) is 7. The van der Waals surface area contributed by atoms with E-state index in [1.54, 1.807) is 15.9 Å². The molecule has 2 saturated heterocycles. The topological polar surface area (TPSA) is 82.5 Å². The van der Waals surface area contributed by atoms with Gasteiger partial charge in [0.1, 0.15) is 4.83 Å². The van der Waals surface area contributed by atoms with E-state index in [9.17, 15) is 9.59 Å². The minimum Gasteiger partial charge on any atom is -0.376 e. The maximum Gasteiger partial charge on any atom is 0.263 e. The predicted molar refractivity (Wildman–Crippen MR) is 122 cm³/mol. The minimum atomic E-state index is -0.353. The zero-order valence-electron chi connectivity index (χ0n) is 17.9. The molecule has 3 aliphatic rings. The Morgan fingerprint density at radius 1 is 1.23 bits per heavy atom. The molecule has 5 rings (SSSR count). The lowest BCUT2D eigenvalue weighted by atomic mass is 10.2. The van der Waals surface area contributed by atoms with Crippen LogP contribution in [0, 0.1) is 0 Å². The van der Waals surface area contributed by atoms with Gasteiger partial charge in [-0.3, -0.25) is 14.2 Å². The third-order valence-electron chi connectivity index (χ3n) is 6.38. The number of amides is 1. The van der Waals surface area contributed by atoms with Crippen LogP contribution in [0.1, 0.15) is 49.5 Å². The van der Waals surface area contributed by atoms with Gasteiger partial charge in [0, 0.05) is 24.6 Å². The number of rotatable bonds is 7. The Hall–Kier alpha value is -1.42. The molecule has 3 atom stereocenters. The normalized spacial score (nSPS) is 24.0.